The average molecular weight is 254 g/mol. The number of thioether (sulfide) groups is 1. The van der Waals surface area contributed by atoms with Crippen molar-refractivity contribution in [1.82, 2.24) is 9.55 Å². The molecule has 0 aliphatic heterocycles. The van der Waals surface area contributed by atoms with E-state index in [4.69, 9.17) is 5.11 Å². The van der Waals surface area contributed by atoms with Crippen molar-refractivity contribution in [2.75, 3.05) is 0 Å². The van der Waals surface area contributed by atoms with Crippen LogP contribution >= 0.6 is 11.8 Å². The molecule has 1 N–H and O–H groups in total. The summed E-state index contributed by atoms with van der Waals surface area (Å²) in [6.07, 6.45) is 5.75. The van der Waals surface area contributed by atoms with Gasteiger partial charge in [0.1, 0.15) is 5.25 Å². The molecule has 17 heavy (non-hydrogen) atoms. The van der Waals surface area contributed by atoms with Crippen molar-refractivity contribution in [2.45, 2.75) is 42.5 Å². The van der Waals surface area contributed by atoms with Crippen molar-refractivity contribution in [3.8, 4) is 0 Å². The van der Waals surface area contributed by atoms with E-state index in [0.717, 1.165) is 24.6 Å². The first-order valence-corrected chi connectivity index (χ1v) is 6.48. The molecule has 1 aromatic rings. The largest absolute Gasteiger partial charge is 0.480 e. The Morgan fingerprint density at radius 3 is 2.94 bits per heavy atom. The molecule has 0 aromatic carbocycles. The Bertz CT molecular complexity index is 482. The van der Waals surface area contributed by atoms with Crippen LogP contribution in [0.1, 0.15) is 32.2 Å². The second kappa shape index (κ2) is 4.91. The zero-order valence-electron chi connectivity index (χ0n) is 9.50. The van der Waals surface area contributed by atoms with Crippen molar-refractivity contribution >= 4 is 17.7 Å². The van der Waals surface area contributed by atoms with E-state index in [1.54, 1.807) is 23.9 Å². The highest BCUT2D eigenvalue weighted by molar-refractivity contribution is 8.00. The van der Waals surface area contributed by atoms with Crippen LogP contribution in [0.3, 0.4) is 0 Å². The van der Waals surface area contributed by atoms with Crippen molar-refractivity contribution in [3.05, 3.63) is 22.7 Å². The molecule has 1 saturated carbocycles. The van der Waals surface area contributed by atoms with E-state index in [9.17, 15) is 9.59 Å². The van der Waals surface area contributed by atoms with Crippen LogP contribution in [0.15, 0.2) is 22.2 Å². The summed E-state index contributed by atoms with van der Waals surface area (Å²) in [5.41, 5.74) is -0.167. The summed E-state index contributed by atoms with van der Waals surface area (Å²) in [5, 5.41) is 8.64. The highest BCUT2D eigenvalue weighted by Crippen LogP contribution is 2.33. The number of rotatable bonds is 5. The van der Waals surface area contributed by atoms with Gasteiger partial charge < -0.3 is 9.67 Å². The first kappa shape index (κ1) is 12.2. The van der Waals surface area contributed by atoms with Crippen LogP contribution in [-0.4, -0.2) is 25.9 Å². The number of aliphatic carboxylic acids is 1. The van der Waals surface area contributed by atoms with Crippen LogP contribution in [0.5, 0.6) is 0 Å². The summed E-state index contributed by atoms with van der Waals surface area (Å²) < 4.78 is 1.66. The first-order chi connectivity index (χ1) is 8.13. The monoisotopic (exact) mass is 254 g/mol. The van der Waals surface area contributed by atoms with Gasteiger partial charge in [-0.15, -0.1) is 0 Å². The third kappa shape index (κ3) is 2.69. The number of nitrogens with zero attached hydrogens (tertiary/aromatic N) is 2. The zero-order chi connectivity index (χ0) is 12.4. The minimum Gasteiger partial charge on any atom is -0.480 e. The Labute approximate surface area is 103 Å². The topological polar surface area (TPSA) is 72.2 Å². The predicted molar refractivity (Wildman–Crippen MR) is 64.3 cm³/mol. The molecule has 2 rings (SSSR count). The number of hydrogen-bond acceptors (Lipinski definition) is 4. The number of aromatic nitrogens is 2. The summed E-state index contributed by atoms with van der Waals surface area (Å²) in [5.74, 6) is -0.902. The van der Waals surface area contributed by atoms with Crippen LogP contribution in [0.4, 0.5) is 0 Å². The Morgan fingerprint density at radius 1 is 1.71 bits per heavy atom. The smallest absolute Gasteiger partial charge is 0.317 e. The molecule has 0 radical (unpaired) electrons. The van der Waals surface area contributed by atoms with E-state index in [1.807, 2.05) is 0 Å². The molecule has 1 aromatic heterocycles. The molecule has 0 saturated heterocycles. The van der Waals surface area contributed by atoms with E-state index in [-0.39, 0.29) is 16.6 Å². The Morgan fingerprint density at radius 2 is 2.41 bits per heavy atom. The van der Waals surface area contributed by atoms with Crippen LogP contribution in [0, 0.1) is 0 Å². The summed E-state index contributed by atoms with van der Waals surface area (Å²) in [6.45, 7) is 1.79. The van der Waals surface area contributed by atoms with E-state index >= 15 is 0 Å². The highest BCUT2D eigenvalue weighted by Gasteiger charge is 2.26. The second-order valence-electron chi connectivity index (χ2n) is 4.03. The summed E-state index contributed by atoms with van der Waals surface area (Å²) in [6, 6.07) is 0.287. The summed E-state index contributed by atoms with van der Waals surface area (Å²) in [7, 11) is 0. The quantitative estimate of drug-likeness (QED) is 0.807. The van der Waals surface area contributed by atoms with Gasteiger partial charge in [-0.2, -0.15) is 0 Å². The maximum Gasteiger partial charge on any atom is 0.317 e. The molecular weight excluding hydrogens is 240 g/mol. The standard InChI is InChI=1S/C11H14N2O3S/c1-2-8(11(15)16)17-9-10(14)13(6-5-12-9)7-3-4-7/h5-8H,2-4H2,1H3,(H,15,16). The fourth-order valence-electron chi connectivity index (χ4n) is 1.57. The molecule has 1 fully saturated rings. The fraction of sp³-hybridized carbons (Fsp3) is 0.545. The van der Waals surface area contributed by atoms with Crippen LogP contribution in [0.2, 0.25) is 0 Å². The van der Waals surface area contributed by atoms with E-state index in [0.29, 0.717) is 6.42 Å². The van der Waals surface area contributed by atoms with Crippen LogP contribution in [-0.2, 0) is 4.79 Å². The van der Waals surface area contributed by atoms with E-state index < -0.39 is 11.2 Å². The maximum absolute atomic E-state index is 12.0. The first-order valence-electron chi connectivity index (χ1n) is 5.60. The van der Waals surface area contributed by atoms with Crippen molar-refractivity contribution in [2.24, 2.45) is 0 Å². The molecular formula is C11H14N2O3S. The van der Waals surface area contributed by atoms with Crippen LogP contribution in [0.25, 0.3) is 0 Å². The van der Waals surface area contributed by atoms with Crippen LogP contribution < -0.4 is 5.56 Å². The van der Waals surface area contributed by atoms with Gasteiger partial charge in [0.25, 0.3) is 5.56 Å². The van der Waals surface area contributed by atoms with Crippen molar-refractivity contribution < 1.29 is 9.90 Å². The number of carboxylic acid groups (broad SMARTS) is 1. The molecule has 0 spiro atoms. The molecule has 1 aliphatic rings. The number of carbonyl (C=O) groups is 1. The molecule has 1 aliphatic carbocycles. The van der Waals surface area contributed by atoms with Gasteiger partial charge in [0.2, 0.25) is 0 Å². The minimum absolute atomic E-state index is 0.167. The summed E-state index contributed by atoms with van der Waals surface area (Å²) in [4.78, 5) is 26.9. The molecule has 0 amide bonds. The van der Waals surface area contributed by atoms with Crippen molar-refractivity contribution in [3.63, 3.8) is 0 Å². The predicted octanol–water partition coefficient (Wildman–Crippen LogP) is 1.53. The molecule has 1 atom stereocenters. The van der Waals surface area contributed by atoms with Gasteiger partial charge in [-0.3, -0.25) is 9.59 Å². The molecule has 6 heteroatoms. The van der Waals surface area contributed by atoms with E-state index in [1.165, 1.54) is 0 Å². The van der Waals surface area contributed by atoms with Gasteiger partial charge in [-0.25, -0.2) is 4.98 Å². The normalized spacial score (nSPS) is 16.8. The minimum atomic E-state index is -0.902. The maximum atomic E-state index is 12.0. The van der Waals surface area contributed by atoms with Gasteiger partial charge in [0.05, 0.1) is 0 Å². The molecule has 1 unspecified atom stereocenters. The lowest BCUT2D eigenvalue weighted by Gasteiger charge is -2.09. The Kier molecular flexibility index (Phi) is 3.51. The molecule has 5 nitrogen and oxygen atoms in total. The lowest BCUT2D eigenvalue weighted by molar-refractivity contribution is -0.136. The lowest BCUT2D eigenvalue weighted by atomic mass is 10.3. The second-order valence-corrected chi connectivity index (χ2v) is 5.22. The molecule has 0 bridgehead atoms. The summed E-state index contributed by atoms with van der Waals surface area (Å²) >= 11 is 1.04. The third-order valence-electron chi connectivity index (χ3n) is 2.68. The Balaban J connectivity index is 2.23. The number of hydrogen-bond donors (Lipinski definition) is 1. The lowest BCUT2D eigenvalue weighted by Crippen LogP contribution is -2.24. The number of carboxylic acids is 1. The van der Waals surface area contributed by atoms with Gasteiger partial charge in [0.15, 0.2) is 5.03 Å². The van der Waals surface area contributed by atoms with Gasteiger partial charge in [-0.1, -0.05) is 18.7 Å². The van der Waals surface area contributed by atoms with Gasteiger partial charge in [-0.05, 0) is 19.3 Å². The van der Waals surface area contributed by atoms with Gasteiger partial charge in [0, 0.05) is 18.4 Å². The zero-order valence-corrected chi connectivity index (χ0v) is 10.3. The average Bonchev–Trinajstić information content (AvgIpc) is 3.11. The van der Waals surface area contributed by atoms with E-state index in [2.05, 4.69) is 4.98 Å². The van der Waals surface area contributed by atoms with Crippen molar-refractivity contribution in [1.29, 1.82) is 0 Å². The molecule has 92 valence electrons. The highest BCUT2D eigenvalue weighted by atomic mass is 32.2. The Hall–Kier alpha value is -1.30. The van der Waals surface area contributed by atoms with Gasteiger partial charge >= 0.3 is 5.97 Å². The SMILES string of the molecule is CCC(Sc1nccn(C2CC2)c1=O)C(=O)O. The fourth-order valence-corrected chi connectivity index (χ4v) is 2.44. The third-order valence-corrected chi connectivity index (χ3v) is 4.00. The molecule has 1 heterocycles.